The highest BCUT2D eigenvalue weighted by Crippen LogP contribution is 2.00. The van der Waals surface area contributed by atoms with Crippen LogP contribution in [0.15, 0.2) is 24.3 Å². The minimum Gasteiger partial charge on any atom is -0.386 e. The van der Waals surface area contributed by atoms with E-state index in [0.29, 0.717) is 0 Å². The summed E-state index contributed by atoms with van der Waals surface area (Å²) in [5.41, 5.74) is 0.388. The van der Waals surface area contributed by atoms with Crippen LogP contribution < -0.4 is 0 Å². The molecule has 0 aliphatic carbocycles. The number of thiol groups is 1. The molecule has 0 aliphatic rings. The zero-order valence-electron chi connectivity index (χ0n) is 9.20. The monoisotopic (exact) mass is 248 g/mol. The summed E-state index contributed by atoms with van der Waals surface area (Å²) in [6.07, 6.45) is 0. The van der Waals surface area contributed by atoms with Crippen LogP contribution in [-0.4, -0.2) is 17.7 Å². The Kier molecular flexibility index (Phi) is 11.0. The molecule has 3 nitrogen and oxygen atoms in total. The Morgan fingerprint density at radius 2 is 1.47 bits per heavy atom. The Morgan fingerprint density at radius 1 is 1.20 bits per heavy atom. The number of hydrogen-bond acceptors (Lipinski definition) is 5. The molecule has 0 amide bonds. The summed E-state index contributed by atoms with van der Waals surface area (Å²) in [4.78, 5) is 21.3. The molecule has 0 aliphatic heterocycles. The summed E-state index contributed by atoms with van der Waals surface area (Å²) < 4.78 is 4.30. The Labute approximate surface area is 99.8 Å². The maximum absolute atomic E-state index is 10.7. The van der Waals surface area contributed by atoms with Crippen LogP contribution in [0.2, 0.25) is 0 Å². The zero-order chi connectivity index (χ0) is 12.4. The summed E-state index contributed by atoms with van der Waals surface area (Å²) in [6, 6.07) is 0. The lowest BCUT2D eigenvalue weighted by molar-refractivity contribution is -0.153. The van der Waals surface area contributed by atoms with Gasteiger partial charge in [0.15, 0.2) is 0 Å². The van der Waals surface area contributed by atoms with Gasteiger partial charge in [-0.25, -0.2) is 9.59 Å². The molecular weight excluding hydrogens is 232 g/mol. The average Bonchev–Trinajstić information content (AvgIpc) is 2.17. The van der Waals surface area contributed by atoms with Gasteiger partial charge in [0.05, 0.1) is 0 Å². The lowest BCUT2D eigenvalue weighted by Gasteiger charge is -1.99. The van der Waals surface area contributed by atoms with Crippen LogP contribution in [0, 0.1) is 0 Å². The van der Waals surface area contributed by atoms with Crippen molar-refractivity contribution in [2.24, 2.45) is 0 Å². The molecule has 0 saturated carbocycles. The molecule has 86 valence electrons. The van der Waals surface area contributed by atoms with E-state index >= 15 is 0 Å². The van der Waals surface area contributed by atoms with Gasteiger partial charge < -0.3 is 4.74 Å². The van der Waals surface area contributed by atoms with Crippen LogP contribution in [-0.2, 0) is 14.3 Å². The van der Waals surface area contributed by atoms with Gasteiger partial charge >= 0.3 is 11.9 Å². The second-order valence-electron chi connectivity index (χ2n) is 2.66. The highest BCUT2D eigenvalue weighted by atomic mass is 33.1. The predicted octanol–water partition coefficient (Wildman–Crippen LogP) is 2.79. The van der Waals surface area contributed by atoms with Gasteiger partial charge in [-0.3, -0.25) is 0 Å². The molecule has 0 aromatic carbocycles. The van der Waals surface area contributed by atoms with Gasteiger partial charge in [0.1, 0.15) is 0 Å². The van der Waals surface area contributed by atoms with Gasteiger partial charge in [-0.15, -0.1) is 11.7 Å². The molecule has 0 fully saturated rings. The van der Waals surface area contributed by atoms with Crippen molar-refractivity contribution >= 4 is 34.4 Å². The lowest BCUT2D eigenvalue weighted by atomic mass is 10.3. The maximum atomic E-state index is 10.7. The lowest BCUT2D eigenvalue weighted by Crippen LogP contribution is -2.12. The average molecular weight is 248 g/mol. The summed E-state index contributed by atoms with van der Waals surface area (Å²) in [5.74, 6) is -0.320. The third-order valence-corrected chi connectivity index (χ3v) is 2.04. The van der Waals surface area contributed by atoms with Gasteiger partial charge in [-0.1, -0.05) is 30.9 Å². The van der Waals surface area contributed by atoms with Gasteiger partial charge in [-0.05, 0) is 13.8 Å². The summed E-state index contributed by atoms with van der Waals surface area (Å²) in [6.45, 7) is 11.6. The molecule has 0 radical (unpaired) electrons. The number of esters is 2. The molecule has 0 unspecified atom stereocenters. The first-order valence-corrected chi connectivity index (χ1v) is 6.24. The van der Waals surface area contributed by atoms with Gasteiger partial charge in [0.2, 0.25) is 0 Å². The smallest absolute Gasteiger partial charge is 0.340 e. The minimum absolute atomic E-state index is 0.194. The summed E-state index contributed by atoms with van der Waals surface area (Å²) in [5, 5.41) is 0. The van der Waals surface area contributed by atoms with Crippen molar-refractivity contribution in [2.45, 2.75) is 20.8 Å². The van der Waals surface area contributed by atoms with E-state index in [1.807, 2.05) is 0 Å². The van der Waals surface area contributed by atoms with Crippen molar-refractivity contribution in [3.63, 3.8) is 0 Å². The Bertz CT molecular complexity index is 233. The van der Waals surface area contributed by atoms with Crippen molar-refractivity contribution in [3.8, 4) is 0 Å². The third kappa shape index (κ3) is 11.2. The predicted molar refractivity (Wildman–Crippen MR) is 67.8 cm³/mol. The molecular formula is C10H16O3S2. The van der Waals surface area contributed by atoms with E-state index in [1.165, 1.54) is 13.8 Å². The second kappa shape index (κ2) is 9.86. The van der Waals surface area contributed by atoms with E-state index in [1.54, 1.807) is 10.8 Å². The minimum atomic E-state index is -0.710. The molecule has 0 aromatic rings. The number of rotatable bonds is 3. The molecule has 15 heavy (non-hydrogen) atoms. The molecule has 0 heterocycles. The van der Waals surface area contributed by atoms with E-state index in [9.17, 15) is 9.59 Å². The van der Waals surface area contributed by atoms with Crippen LogP contribution in [0.1, 0.15) is 20.8 Å². The molecule has 5 heteroatoms. The first-order valence-electron chi connectivity index (χ1n) is 4.20. The third-order valence-electron chi connectivity index (χ3n) is 1.01. The fraction of sp³-hybridized carbons (Fsp3) is 0.400. The summed E-state index contributed by atoms with van der Waals surface area (Å²) >= 11 is 3.84. The largest absolute Gasteiger partial charge is 0.386 e. The topological polar surface area (TPSA) is 43.4 Å². The van der Waals surface area contributed by atoms with Crippen LogP contribution >= 0.6 is 22.5 Å². The number of carbonyl (C=O) groups excluding carboxylic acids is 2. The number of carbonyl (C=O) groups is 2. The van der Waals surface area contributed by atoms with Crippen molar-refractivity contribution in [1.82, 2.24) is 0 Å². The second-order valence-corrected chi connectivity index (χ2v) is 4.27. The van der Waals surface area contributed by atoms with E-state index < -0.39 is 11.9 Å². The van der Waals surface area contributed by atoms with Gasteiger partial charge in [0, 0.05) is 16.9 Å². The fourth-order valence-electron chi connectivity index (χ4n) is 0.258. The van der Waals surface area contributed by atoms with Crippen molar-refractivity contribution in [2.75, 3.05) is 5.75 Å². The van der Waals surface area contributed by atoms with Crippen molar-refractivity contribution in [1.29, 1.82) is 0 Å². The Hall–Kier alpha value is -0.680. The molecule has 0 rings (SSSR count). The van der Waals surface area contributed by atoms with E-state index in [-0.39, 0.29) is 11.1 Å². The van der Waals surface area contributed by atoms with Crippen LogP contribution in [0.25, 0.3) is 0 Å². The Balaban J connectivity index is 0. The number of hydrogen-bond donors (Lipinski definition) is 1. The van der Waals surface area contributed by atoms with Crippen LogP contribution in [0.4, 0.5) is 0 Å². The van der Waals surface area contributed by atoms with Gasteiger partial charge in [-0.2, -0.15) is 0 Å². The molecule has 0 aromatic heterocycles. The van der Waals surface area contributed by atoms with E-state index in [0.717, 1.165) is 5.75 Å². The van der Waals surface area contributed by atoms with Crippen LogP contribution in [0.3, 0.4) is 0 Å². The van der Waals surface area contributed by atoms with E-state index in [4.69, 9.17) is 0 Å². The SMILES string of the molecule is C=C(C)C(=O)OC(=O)C(=C)C.CCSS. The molecule has 0 atom stereocenters. The highest BCUT2D eigenvalue weighted by Gasteiger charge is 2.10. The van der Waals surface area contributed by atoms with Crippen molar-refractivity contribution in [3.05, 3.63) is 24.3 Å². The quantitative estimate of drug-likeness (QED) is 0.274. The fourth-order valence-corrected chi connectivity index (χ4v) is 0.258. The number of ether oxygens (including phenoxy) is 1. The molecule has 0 N–H and O–H groups in total. The molecule has 0 saturated heterocycles. The highest BCUT2D eigenvalue weighted by molar-refractivity contribution is 8.68. The summed E-state index contributed by atoms with van der Waals surface area (Å²) in [7, 11) is 1.55. The van der Waals surface area contributed by atoms with E-state index in [2.05, 4.69) is 36.5 Å². The van der Waals surface area contributed by atoms with Crippen LogP contribution in [0.5, 0.6) is 0 Å². The first-order chi connectivity index (χ1) is 6.86. The normalized spacial score (nSPS) is 8.27. The van der Waals surface area contributed by atoms with Gasteiger partial charge in [0.25, 0.3) is 0 Å². The molecule has 0 bridgehead atoms. The first kappa shape index (κ1) is 16.7. The molecule has 0 spiro atoms. The zero-order valence-corrected chi connectivity index (χ0v) is 10.9. The standard InChI is InChI=1S/C8H10O3.C2H6S2/c1-5(2)7(9)11-8(10)6(3)4;1-2-4-3/h1,3H2,2,4H3;3H,2H2,1H3. The Morgan fingerprint density at radius 3 is 1.60 bits per heavy atom. The maximum Gasteiger partial charge on any atom is 0.340 e. The van der Waals surface area contributed by atoms with Crippen molar-refractivity contribution < 1.29 is 14.3 Å².